The van der Waals surface area contributed by atoms with Gasteiger partial charge in [-0.3, -0.25) is 0 Å². The lowest BCUT2D eigenvalue weighted by Crippen LogP contribution is -2.39. The van der Waals surface area contributed by atoms with Crippen LogP contribution in [0.25, 0.3) is 0 Å². The Kier molecular flexibility index (Phi) is 5.51. The molecule has 6 heteroatoms. The minimum absolute atomic E-state index is 0.00165. The van der Waals surface area contributed by atoms with Crippen molar-refractivity contribution in [1.82, 2.24) is 0 Å². The highest BCUT2D eigenvalue weighted by Crippen LogP contribution is 2.43. The van der Waals surface area contributed by atoms with E-state index >= 15 is 0 Å². The Morgan fingerprint density at radius 3 is 2.65 bits per heavy atom. The molecule has 2 aliphatic rings. The van der Waals surface area contributed by atoms with Gasteiger partial charge in [0.15, 0.2) is 0 Å². The second-order valence-electron chi connectivity index (χ2n) is 7.68. The maximum atomic E-state index is 6.68. The topological polar surface area (TPSA) is 70.5 Å². The lowest BCUT2D eigenvalue weighted by atomic mass is 9.83. The molecule has 0 aromatic carbocycles. The van der Waals surface area contributed by atoms with Crippen LogP contribution in [0.1, 0.15) is 59.3 Å². The van der Waals surface area contributed by atoms with Crippen molar-refractivity contribution in [2.45, 2.75) is 56.9 Å². The zero-order valence-corrected chi connectivity index (χ0v) is 17.0. The summed E-state index contributed by atoms with van der Waals surface area (Å²) < 4.78 is 12.2. The van der Waals surface area contributed by atoms with Crippen LogP contribution < -0.4 is 11.5 Å². The first kappa shape index (κ1) is 18.6. The Labute approximate surface area is 163 Å². The molecule has 26 heavy (non-hydrogen) atoms. The highest BCUT2D eigenvalue weighted by atomic mass is 32.1. The van der Waals surface area contributed by atoms with Crippen LogP contribution in [-0.4, -0.2) is 25.3 Å². The fraction of sp³-hybridized carbons (Fsp3) is 0.600. The van der Waals surface area contributed by atoms with Crippen LogP contribution >= 0.6 is 22.7 Å². The van der Waals surface area contributed by atoms with Gasteiger partial charge in [0, 0.05) is 34.2 Å². The third kappa shape index (κ3) is 3.39. The number of nitrogens with two attached hydrogens (primary N) is 2. The molecule has 0 spiro atoms. The Morgan fingerprint density at radius 1 is 1.08 bits per heavy atom. The molecule has 2 aliphatic heterocycles. The molecule has 6 atom stereocenters. The first-order chi connectivity index (χ1) is 12.6. The van der Waals surface area contributed by atoms with Gasteiger partial charge in [0.25, 0.3) is 0 Å². The summed E-state index contributed by atoms with van der Waals surface area (Å²) in [4.78, 5) is 2.86. The molecule has 2 aromatic rings. The lowest BCUT2D eigenvalue weighted by Gasteiger charge is -2.36. The average Bonchev–Trinajstić information content (AvgIpc) is 3.29. The number of fused-ring (bicyclic) bond motifs is 2. The normalized spacial score (nSPS) is 28.8. The van der Waals surface area contributed by atoms with Gasteiger partial charge >= 0.3 is 0 Å². The maximum Gasteiger partial charge on any atom is 0.0989 e. The zero-order chi connectivity index (χ0) is 18.3. The summed E-state index contributed by atoms with van der Waals surface area (Å²) in [6.45, 7) is 5.77. The van der Waals surface area contributed by atoms with Crippen LogP contribution in [0.5, 0.6) is 0 Å². The molecule has 0 fully saturated rings. The second-order valence-corrected chi connectivity index (χ2v) is 9.63. The van der Waals surface area contributed by atoms with E-state index in [0.29, 0.717) is 11.8 Å². The molecule has 4 nitrogen and oxygen atoms in total. The smallest absolute Gasteiger partial charge is 0.0989 e. The Bertz CT molecular complexity index is 742. The van der Waals surface area contributed by atoms with Gasteiger partial charge in [-0.05, 0) is 53.3 Å². The molecule has 2 aromatic heterocycles. The number of ether oxygens (including phenoxy) is 2. The Balaban J connectivity index is 1.47. The molecule has 0 amide bonds. The summed E-state index contributed by atoms with van der Waals surface area (Å²) in [5.41, 5.74) is 15.4. The van der Waals surface area contributed by atoms with E-state index in [0.717, 1.165) is 26.1 Å². The van der Waals surface area contributed by atoms with Gasteiger partial charge in [-0.25, -0.2) is 0 Å². The van der Waals surface area contributed by atoms with E-state index in [-0.39, 0.29) is 24.3 Å². The molecule has 0 radical (unpaired) electrons. The lowest BCUT2D eigenvalue weighted by molar-refractivity contribution is -0.00143. The minimum Gasteiger partial charge on any atom is -0.371 e. The summed E-state index contributed by atoms with van der Waals surface area (Å²) in [6, 6.07) is 4.37. The maximum absolute atomic E-state index is 6.68. The van der Waals surface area contributed by atoms with E-state index in [2.05, 4.69) is 29.8 Å². The quantitative estimate of drug-likeness (QED) is 0.807. The number of hydrogen-bond acceptors (Lipinski definition) is 6. The van der Waals surface area contributed by atoms with Crippen LogP contribution in [0.4, 0.5) is 0 Å². The van der Waals surface area contributed by atoms with Crippen molar-refractivity contribution in [2.75, 3.05) is 13.2 Å². The molecule has 0 aliphatic carbocycles. The summed E-state index contributed by atoms with van der Waals surface area (Å²) in [6.07, 6.45) is 2.06. The molecule has 142 valence electrons. The van der Waals surface area contributed by atoms with Crippen LogP contribution in [-0.2, 0) is 15.9 Å². The molecule has 4 N–H and O–H groups in total. The molecule has 0 bridgehead atoms. The highest BCUT2D eigenvalue weighted by Gasteiger charge is 2.35. The molecular formula is C20H28N2O2S2. The molecule has 2 unspecified atom stereocenters. The summed E-state index contributed by atoms with van der Waals surface area (Å²) in [5, 5.41) is 4.32. The predicted molar refractivity (Wildman–Crippen MR) is 108 cm³/mol. The number of thiophene rings is 2. The van der Waals surface area contributed by atoms with Crippen molar-refractivity contribution >= 4 is 22.7 Å². The molecule has 4 heterocycles. The first-order valence-corrected chi connectivity index (χ1v) is 11.2. The van der Waals surface area contributed by atoms with E-state index in [1.165, 1.54) is 20.9 Å². The highest BCUT2D eigenvalue weighted by molar-refractivity contribution is 7.10. The average molecular weight is 393 g/mol. The molecule has 0 saturated heterocycles. The van der Waals surface area contributed by atoms with Crippen molar-refractivity contribution in [3.8, 4) is 0 Å². The van der Waals surface area contributed by atoms with Crippen LogP contribution in [0.3, 0.4) is 0 Å². The van der Waals surface area contributed by atoms with Gasteiger partial charge in [-0.2, -0.15) is 0 Å². The minimum atomic E-state index is -0.00165. The first-order valence-electron chi connectivity index (χ1n) is 9.44. The third-order valence-electron chi connectivity index (χ3n) is 5.73. The Morgan fingerprint density at radius 2 is 1.85 bits per heavy atom. The zero-order valence-electron chi connectivity index (χ0n) is 15.4. The van der Waals surface area contributed by atoms with Crippen molar-refractivity contribution < 1.29 is 9.47 Å². The summed E-state index contributed by atoms with van der Waals surface area (Å²) >= 11 is 3.65. The van der Waals surface area contributed by atoms with Gasteiger partial charge < -0.3 is 20.9 Å². The predicted octanol–water partition coefficient (Wildman–Crippen LogP) is 3.98. The van der Waals surface area contributed by atoms with E-state index in [9.17, 15) is 0 Å². The van der Waals surface area contributed by atoms with Crippen molar-refractivity contribution in [3.05, 3.63) is 43.8 Å². The third-order valence-corrected chi connectivity index (χ3v) is 7.83. The van der Waals surface area contributed by atoms with Crippen molar-refractivity contribution in [1.29, 1.82) is 0 Å². The number of hydrogen-bond donors (Lipinski definition) is 2. The molecular weight excluding hydrogens is 364 g/mol. The van der Waals surface area contributed by atoms with Gasteiger partial charge in [-0.1, -0.05) is 6.92 Å². The largest absolute Gasteiger partial charge is 0.371 e. The SMILES string of the molecule is CC(CC1CO[C@@H]([C@H](C)N)c2ccsc21)[C@H](N)[C@@H]1OCCc2sccc21. The van der Waals surface area contributed by atoms with Crippen LogP contribution in [0.15, 0.2) is 22.9 Å². The van der Waals surface area contributed by atoms with Gasteiger partial charge in [0.05, 0.1) is 25.4 Å². The van der Waals surface area contributed by atoms with E-state index < -0.39 is 0 Å². The van der Waals surface area contributed by atoms with Crippen molar-refractivity contribution in [3.63, 3.8) is 0 Å². The molecule has 4 rings (SSSR count). The van der Waals surface area contributed by atoms with E-state index in [1.807, 2.05) is 29.6 Å². The fourth-order valence-electron chi connectivity index (χ4n) is 4.29. The van der Waals surface area contributed by atoms with Gasteiger partial charge in [-0.15, -0.1) is 22.7 Å². The van der Waals surface area contributed by atoms with E-state index in [4.69, 9.17) is 20.9 Å². The number of rotatable bonds is 5. The van der Waals surface area contributed by atoms with Gasteiger partial charge in [0.1, 0.15) is 0 Å². The second kappa shape index (κ2) is 7.70. The van der Waals surface area contributed by atoms with Crippen LogP contribution in [0.2, 0.25) is 0 Å². The fourth-order valence-corrected chi connectivity index (χ4v) is 6.23. The van der Waals surface area contributed by atoms with Gasteiger partial charge in [0.2, 0.25) is 0 Å². The molecule has 0 saturated carbocycles. The standard InChI is InChI=1S/C20H28N2O2S2/c1-11(17(22)19-14-4-7-25-16(14)3-6-23-19)9-13-10-24-18(12(2)21)15-5-8-26-20(13)15/h4-5,7-8,11-13,17-19H,3,6,9-10,21-22H2,1-2H3/t11?,12-,13?,17-,18-,19+/m0/s1. The van der Waals surface area contributed by atoms with Crippen LogP contribution in [0, 0.1) is 5.92 Å². The summed E-state index contributed by atoms with van der Waals surface area (Å²) in [7, 11) is 0. The van der Waals surface area contributed by atoms with Crippen molar-refractivity contribution in [2.24, 2.45) is 17.4 Å². The van der Waals surface area contributed by atoms with E-state index in [1.54, 1.807) is 0 Å². The Hall–Kier alpha value is -0.760. The summed E-state index contributed by atoms with van der Waals surface area (Å²) in [5.74, 6) is 0.743. The monoisotopic (exact) mass is 392 g/mol.